The summed E-state index contributed by atoms with van der Waals surface area (Å²) in [6, 6.07) is 1.92. The molecule has 0 radical (unpaired) electrons. The summed E-state index contributed by atoms with van der Waals surface area (Å²) >= 11 is 0. The van der Waals surface area contributed by atoms with Gasteiger partial charge < -0.3 is 15.7 Å². The lowest BCUT2D eigenvalue weighted by Gasteiger charge is -2.38. The van der Waals surface area contributed by atoms with Crippen LogP contribution in [0.25, 0.3) is 0 Å². The number of nitrogen functional groups attached to an aromatic ring is 1. The summed E-state index contributed by atoms with van der Waals surface area (Å²) < 4.78 is 0. The summed E-state index contributed by atoms with van der Waals surface area (Å²) in [5.74, 6) is -0.752. The molecule has 0 bridgehead atoms. The average Bonchev–Trinajstić information content (AvgIpc) is 2.40. The van der Waals surface area contributed by atoms with E-state index in [1.807, 2.05) is 6.07 Å². The fourth-order valence-corrected chi connectivity index (χ4v) is 2.46. The van der Waals surface area contributed by atoms with E-state index < -0.39 is 11.4 Å². The summed E-state index contributed by atoms with van der Waals surface area (Å²) in [6.07, 6.45) is 3.40. The number of rotatable bonds is 4. The number of hydrogen-bond acceptors (Lipinski definition) is 5. The van der Waals surface area contributed by atoms with E-state index in [4.69, 9.17) is 5.73 Å². The number of nitrogens with zero attached hydrogens (tertiary/aromatic N) is 3. The number of hydrogen-bond donors (Lipinski definition) is 2. The molecule has 1 aromatic heterocycles. The Balaban J connectivity index is 1.93. The van der Waals surface area contributed by atoms with E-state index in [9.17, 15) is 9.90 Å². The molecule has 1 aliphatic heterocycles. The Morgan fingerprint density at radius 1 is 1.40 bits per heavy atom. The second-order valence-corrected chi connectivity index (χ2v) is 5.89. The minimum atomic E-state index is -0.752. The average molecular weight is 278 g/mol. The number of carboxylic acids is 1. The van der Waals surface area contributed by atoms with Gasteiger partial charge in [-0.05, 0) is 19.9 Å². The quantitative estimate of drug-likeness (QED) is 0.851. The third-order valence-corrected chi connectivity index (χ3v) is 3.74. The molecule has 0 unspecified atom stereocenters. The molecule has 0 aromatic carbocycles. The van der Waals surface area contributed by atoms with Crippen molar-refractivity contribution in [1.82, 2.24) is 9.88 Å². The molecule has 20 heavy (non-hydrogen) atoms. The van der Waals surface area contributed by atoms with Crippen molar-refractivity contribution in [3.05, 3.63) is 18.5 Å². The zero-order valence-electron chi connectivity index (χ0n) is 12.0. The highest BCUT2D eigenvalue weighted by Gasteiger charge is 2.31. The number of aromatic nitrogens is 1. The Kier molecular flexibility index (Phi) is 4.13. The molecule has 1 aromatic rings. The van der Waals surface area contributed by atoms with Crippen LogP contribution in [0.2, 0.25) is 0 Å². The lowest BCUT2D eigenvalue weighted by Crippen LogP contribution is -2.50. The van der Waals surface area contributed by atoms with Crippen molar-refractivity contribution >= 4 is 17.3 Å². The van der Waals surface area contributed by atoms with Crippen molar-refractivity contribution in [3.63, 3.8) is 0 Å². The van der Waals surface area contributed by atoms with Crippen molar-refractivity contribution in [3.8, 4) is 0 Å². The van der Waals surface area contributed by atoms with Gasteiger partial charge in [0.15, 0.2) is 0 Å². The zero-order valence-corrected chi connectivity index (χ0v) is 12.0. The fraction of sp³-hybridized carbons (Fsp3) is 0.571. The van der Waals surface area contributed by atoms with E-state index in [1.165, 1.54) is 0 Å². The topological polar surface area (TPSA) is 82.7 Å². The number of nitrogens with two attached hydrogens (primary N) is 1. The molecular formula is C14H22N4O2. The van der Waals surface area contributed by atoms with Crippen molar-refractivity contribution in [2.75, 3.05) is 43.4 Å². The first-order valence-corrected chi connectivity index (χ1v) is 6.80. The van der Waals surface area contributed by atoms with Gasteiger partial charge in [0.2, 0.25) is 0 Å². The third-order valence-electron chi connectivity index (χ3n) is 3.74. The summed E-state index contributed by atoms with van der Waals surface area (Å²) in [4.78, 5) is 19.6. The number of carboxylic acid groups (broad SMARTS) is 1. The van der Waals surface area contributed by atoms with E-state index in [1.54, 1.807) is 26.2 Å². The smallest absolute Gasteiger partial charge is 0.310 e. The first kappa shape index (κ1) is 14.6. The lowest BCUT2D eigenvalue weighted by molar-refractivity contribution is -0.148. The van der Waals surface area contributed by atoms with Crippen LogP contribution >= 0.6 is 0 Å². The number of carbonyl (C=O) groups is 1. The highest BCUT2D eigenvalue weighted by atomic mass is 16.4. The van der Waals surface area contributed by atoms with Gasteiger partial charge in [0.25, 0.3) is 0 Å². The molecule has 2 heterocycles. The summed E-state index contributed by atoms with van der Waals surface area (Å²) in [7, 11) is 0. The molecule has 0 spiro atoms. The van der Waals surface area contributed by atoms with Crippen LogP contribution in [0.1, 0.15) is 13.8 Å². The van der Waals surface area contributed by atoms with Crippen LogP contribution in [0, 0.1) is 5.41 Å². The van der Waals surface area contributed by atoms with Crippen molar-refractivity contribution < 1.29 is 9.90 Å². The van der Waals surface area contributed by atoms with Crippen molar-refractivity contribution in [1.29, 1.82) is 0 Å². The van der Waals surface area contributed by atoms with E-state index in [0.717, 1.165) is 31.9 Å². The van der Waals surface area contributed by atoms with Gasteiger partial charge in [0.1, 0.15) is 0 Å². The summed E-state index contributed by atoms with van der Waals surface area (Å²) in [5, 5.41) is 9.18. The molecular weight excluding hydrogens is 256 g/mol. The van der Waals surface area contributed by atoms with Gasteiger partial charge in [-0.3, -0.25) is 14.7 Å². The molecule has 3 N–H and O–H groups in total. The van der Waals surface area contributed by atoms with Gasteiger partial charge in [-0.25, -0.2) is 0 Å². The maximum absolute atomic E-state index is 11.2. The first-order chi connectivity index (χ1) is 9.40. The Morgan fingerprint density at radius 2 is 2.05 bits per heavy atom. The van der Waals surface area contributed by atoms with E-state index in [2.05, 4.69) is 14.8 Å². The standard InChI is InChI=1S/C14H22N4O2/c1-14(2,13(19)20)10-17-5-7-18(8-6-17)12-3-4-16-9-11(12)15/h3-4,9H,5-8,10,15H2,1-2H3,(H,19,20). The zero-order chi connectivity index (χ0) is 14.8. The molecule has 0 saturated carbocycles. The summed E-state index contributed by atoms with van der Waals surface area (Å²) in [6.45, 7) is 7.50. The highest BCUT2D eigenvalue weighted by molar-refractivity contribution is 5.73. The molecule has 1 saturated heterocycles. The fourth-order valence-electron chi connectivity index (χ4n) is 2.46. The first-order valence-electron chi connectivity index (χ1n) is 6.80. The highest BCUT2D eigenvalue weighted by Crippen LogP contribution is 2.24. The van der Waals surface area contributed by atoms with Crippen LogP contribution in [0.5, 0.6) is 0 Å². The van der Waals surface area contributed by atoms with Crippen LogP contribution in [0.15, 0.2) is 18.5 Å². The van der Waals surface area contributed by atoms with Crippen LogP contribution in [0.3, 0.4) is 0 Å². The molecule has 2 rings (SSSR count). The summed E-state index contributed by atoms with van der Waals surface area (Å²) in [5.41, 5.74) is 6.92. The largest absolute Gasteiger partial charge is 0.481 e. The van der Waals surface area contributed by atoms with Crippen LogP contribution in [0.4, 0.5) is 11.4 Å². The third kappa shape index (κ3) is 3.19. The maximum atomic E-state index is 11.2. The van der Waals surface area contributed by atoms with Gasteiger partial charge in [0, 0.05) is 38.9 Å². The van der Waals surface area contributed by atoms with Crippen LogP contribution in [-0.2, 0) is 4.79 Å². The van der Waals surface area contributed by atoms with Crippen molar-refractivity contribution in [2.24, 2.45) is 5.41 Å². The molecule has 1 aliphatic rings. The second-order valence-electron chi connectivity index (χ2n) is 5.89. The molecule has 0 amide bonds. The molecule has 0 atom stereocenters. The maximum Gasteiger partial charge on any atom is 0.310 e. The normalized spacial score (nSPS) is 17.2. The van der Waals surface area contributed by atoms with Crippen molar-refractivity contribution in [2.45, 2.75) is 13.8 Å². The number of aliphatic carboxylic acids is 1. The van der Waals surface area contributed by atoms with Gasteiger partial charge >= 0.3 is 5.97 Å². The number of pyridine rings is 1. The van der Waals surface area contributed by atoms with Gasteiger partial charge in [-0.15, -0.1) is 0 Å². The Labute approximate surface area is 119 Å². The molecule has 6 nitrogen and oxygen atoms in total. The predicted octanol–water partition coefficient (Wildman–Crippen LogP) is 0.897. The Morgan fingerprint density at radius 3 is 2.60 bits per heavy atom. The molecule has 6 heteroatoms. The number of anilines is 2. The molecule has 1 fully saturated rings. The van der Waals surface area contributed by atoms with Crippen LogP contribution in [-0.4, -0.2) is 53.7 Å². The second kappa shape index (κ2) is 5.66. The Bertz CT molecular complexity index is 482. The van der Waals surface area contributed by atoms with Gasteiger partial charge in [-0.1, -0.05) is 0 Å². The van der Waals surface area contributed by atoms with Crippen LogP contribution < -0.4 is 10.6 Å². The monoisotopic (exact) mass is 278 g/mol. The van der Waals surface area contributed by atoms with E-state index in [0.29, 0.717) is 12.2 Å². The molecule has 110 valence electrons. The predicted molar refractivity (Wildman–Crippen MR) is 78.7 cm³/mol. The SMILES string of the molecule is CC(C)(CN1CCN(c2ccncc2N)CC1)C(=O)O. The minimum Gasteiger partial charge on any atom is -0.481 e. The minimum absolute atomic E-state index is 0.571. The van der Waals surface area contributed by atoms with Gasteiger partial charge in [0.05, 0.1) is 23.0 Å². The lowest BCUT2D eigenvalue weighted by atomic mass is 9.93. The van der Waals surface area contributed by atoms with Gasteiger partial charge in [-0.2, -0.15) is 0 Å². The molecule has 0 aliphatic carbocycles. The van der Waals surface area contributed by atoms with E-state index >= 15 is 0 Å². The van der Waals surface area contributed by atoms with E-state index in [-0.39, 0.29) is 0 Å². The Hall–Kier alpha value is -1.82. The number of piperazine rings is 1.